The summed E-state index contributed by atoms with van der Waals surface area (Å²) in [6, 6.07) is 2.17. The van der Waals surface area contributed by atoms with Crippen molar-refractivity contribution < 1.29 is 23.9 Å². The van der Waals surface area contributed by atoms with Crippen LogP contribution < -0.4 is 0 Å². The monoisotopic (exact) mass is 555 g/mol. The average molecular weight is 556 g/mol. The van der Waals surface area contributed by atoms with Crippen LogP contribution in [0.2, 0.25) is 0 Å². The van der Waals surface area contributed by atoms with Crippen molar-refractivity contribution in [2.75, 3.05) is 7.11 Å². The number of nitriles is 1. The van der Waals surface area contributed by atoms with E-state index in [9.17, 15) is 19.6 Å². The number of ether oxygens (including phenoxy) is 2. The molecule has 40 heavy (non-hydrogen) atoms. The van der Waals surface area contributed by atoms with Crippen LogP contribution in [0.4, 0.5) is 0 Å². The second-order valence-electron chi connectivity index (χ2n) is 15.5. The number of ketones is 1. The minimum Gasteiger partial charge on any atom is -0.469 e. The number of fused-ring (bicyclic) bond motifs is 3. The normalized spacial score (nSPS) is 37.0. The molecule has 6 heteroatoms. The standard InChI is InChI=1S/C34H53NO5/c1-12-29(3,4)15-16-31(7,28(38)39-11)17-18-33(9)22(2)40-26(36)19-25-32(8)20-23(21-35)27(37)30(5,6)24(32)13-14-34(25,33)10/h20,22,24-25H,12-19H2,1-11H3/t22?,24-,25+,31-,32-,33+,34+/m0/s1. The topological polar surface area (TPSA) is 93.5 Å². The van der Waals surface area contributed by atoms with E-state index < -0.39 is 21.7 Å². The van der Waals surface area contributed by atoms with E-state index >= 15 is 0 Å². The summed E-state index contributed by atoms with van der Waals surface area (Å²) in [4.78, 5) is 39.8. The molecule has 3 rings (SSSR count). The molecule has 3 aliphatic rings. The molecule has 0 amide bonds. The Labute approximate surface area is 242 Å². The molecule has 2 fully saturated rings. The Morgan fingerprint density at radius 2 is 1.73 bits per heavy atom. The third kappa shape index (κ3) is 5.05. The number of nitrogens with zero attached hydrogens (tertiary/aromatic N) is 1. The van der Waals surface area contributed by atoms with Crippen LogP contribution in [0.15, 0.2) is 11.6 Å². The maximum absolute atomic E-state index is 13.3. The van der Waals surface area contributed by atoms with Crippen LogP contribution in [0.25, 0.3) is 0 Å². The summed E-state index contributed by atoms with van der Waals surface area (Å²) in [5.74, 6) is -0.605. The third-order valence-electron chi connectivity index (χ3n) is 12.6. The van der Waals surface area contributed by atoms with Crippen LogP contribution >= 0.6 is 0 Å². The summed E-state index contributed by atoms with van der Waals surface area (Å²) < 4.78 is 11.4. The third-order valence-corrected chi connectivity index (χ3v) is 12.6. The molecule has 0 radical (unpaired) electrons. The van der Waals surface area contributed by atoms with Crippen LogP contribution in [0, 0.1) is 55.7 Å². The van der Waals surface area contributed by atoms with Crippen molar-refractivity contribution in [2.24, 2.45) is 44.3 Å². The van der Waals surface area contributed by atoms with E-state index in [-0.39, 0.29) is 58.5 Å². The summed E-state index contributed by atoms with van der Waals surface area (Å²) in [5.41, 5.74) is -2.28. The van der Waals surface area contributed by atoms with Crippen LogP contribution in [0.3, 0.4) is 0 Å². The van der Waals surface area contributed by atoms with Crippen molar-refractivity contribution >= 4 is 17.7 Å². The molecular weight excluding hydrogens is 502 g/mol. The summed E-state index contributed by atoms with van der Waals surface area (Å²) in [7, 11) is 1.47. The number of hydrogen-bond acceptors (Lipinski definition) is 6. The van der Waals surface area contributed by atoms with Gasteiger partial charge in [-0.3, -0.25) is 14.4 Å². The fourth-order valence-electron chi connectivity index (χ4n) is 8.69. The second kappa shape index (κ2) is 10.6. The zero-order valence-electron chi connectivity index (χ0n) is 27.0. The maximum atomic E-state index is 13.3. The number of esters is 2. The molecule has 7 atom stereocenters. The summed E-state index contributed by atoms with van der Waals surface area (Å²) in [5, 5.41) is 9.91. The van der Waals surface area contributed by atoms with Crippen molar-refractivity contribution in [1.29, 1.82) is 5.26 Å². The molecule has 0 aromatic heterocycles. The zero-order chi connectivity index (χ0) is 30.5. The summed E-state index contributed by atoms with van der Waals surface area (Å²) >= 11 is 0. The highest BCUT2D eigenvalue weighted by molar-refractivity contribution is 6.04. The zero-order valence-corrected chi connectivity index (χ0v) is 27.0. The van der Waals surface area contributed by atoms with Gasteiger partial charge in [-0.1, -0.05) is 67.9 Å². The molecule has 0 spiro atoms. The first-order valence-electron chi connectivity index (χ1n) is 15.2. The van der Waals surface area contributed by atoms with Crippen molar-refractivity contribution in [1.82, 2.24) is 0 Å². The number of Topliss-reactive ketones (excluding diaryl/α,β-unsaturated/α-hetero) is 1. The smallest absolute Gasteiger partial charge is 0.311 e. The highest BCUT2D eigenvalue weighted by atomic mass is 16.5. The van der Waals surface area contributed by atoms with Crippen molar-refractivity contribution in [3.63, 3.8) is 0 Å². The Balaban J connectivity index is 2.08. The molecule has 6 nitrogen and oxygen atoms in total. The van der Waals surface area contributed by atoms with Crippen LogP contribution in [0.1, 0.15) is 121 Å². The number of carbonyl (C=O) groups is 3. The fraction of sp³-hybridized carbons (Fsp3) is 0.824. The average Bonchev–Trinajstić information content (AvgIpc) is 2.96. The SMILES string of the molecule is CCC(C)(C)CC[C@@](C)(CC[C@]1(C)C(C)OC(=O)C[C@@H]2[C@@]3(C)C=C(C#N)C(=O)C(C)(C)[C@@H]3CC[C@]21C)C(=O)OC. The van der Waals surface area contributed by atoms with E-state index in [1.54, 1.807) is 0 Å². The first-order chi connectivity index (χ1) is 18.3. The van der Waals surface area contributed by atoms with Gasteiger partial charge in [0.2, 0.25) is 0 Å². The highest BCUT2D eigenvalue weighted by Gasteiger charge is 2.67. The molecule has 0 aromatic rings. The van der Waals surface area contributed by atoms with Gasteiger partial charge in [-0.2, -0.15) is 5.26 Å². The molecule has 1 saturated heterocycles. The largest absolute Gasteiger partial charge is 0.469 e. The van der Waals surface area contributed by atoms with Gasteiger partial charge < -0.3 is 9.47 Å². The van der Waals surface area contributed by atoms with Crippen LogP contribution in [-0.4, -0.2) is 30.9 Å². The Morgan fingerprint density at radius 1 is 1.10 bits per heavy atom. The molecular formula is C34H53NO5. The van der Waals surface area contributed by atoms with Gasteiger partial charge in [-0.25, -0.2) is 0 Å². The Morgan fingerprint density at radius 3 is 2.27 bits per heavy atom. The van der Waals surface area contributed by atoms with E-state index in [4.69, 9.17) is 9.47 Å². The second-order valence-corrected chi connectivity index (χ2v) is 15.5. The molecule has 1 saturated carbocycles. The lowest BCUT2D eigenvalue weighted by molar-refractivity contribution is -0.168. The van der Waals surface area contributed by atoms with E-state index in [2.05, 4.69) is 47.6 Å². The van der Waals surface area contributed by atoms with Crippen molar-refractivity contribution in [2.45, 2.75) is 127 Å². The molecule has 0 N–H and O–H groups in total. The van der Waals surface area contributed by atoms with E-state index in [0.717, 1.165) is 32.1 Å². The fourth-order valence-corrected chi connectivity index (χ4v) is 8.69. The Bertz CT molecular complexity index is 1110. The van der Waals surface area contributed by atoms with Gasteiger partial charge in [0.05, 0.1) is 18.1 Å². The summed E-state index contributed by atoms with van der Waals surface area (Å²) in [6.45, 7) is 21.3. The van der Waals surface area contributed by atoms with Crippen molar-refractivity contribution in [3.05, 3.63) is 11.6 Å². The van der Waals surface area contributed by atoms with E-state index in [0.29, 0.717) is 12.8 Å². The number of cyclic esters (lactones) is 1. The van der Waals surface area contributed by atoms with Gasteiger partial charge in [0.1, 0.15) is 12.2 Å². The first-order valence-corrected chi connectivity index (χ1v) is 15.2. The molecule has 0 aromatic carbocycles. The number of carbonyl (C=O) groups excluding carboxylic acids is 3. The van der Waals surface area contributed by atoms with Gasteiger partial charge in [0.15, 0.2) is 5.78 Å². The highest BCUT2D eigenvalue weighted by Crippen LogP contribution is 2.69. The van der Waals surface area contributed by atoms with Crippen molar-refractivity contribution in [3.8, 4) is 6.07 Å². The van der Waals surface area contributed by atoms with Crippen LogP contribution in [-0.2, 0) is 23.9 Å². The van der Waals surface area contributed by atoms with Gasteiger partial charge in [0, 0.05) is 17.3 Å². The van der Waals surface area contributed by atoms with Gasteiger partial charge in [-0.15, -0.1) is 0 Å². The molecule has 1 heterocycles. The maximum Gasteiger partial charge on any atom is 0.311 e. The van der Waals surface area contributed by atoms with E-state index in [1.165, 1.54) is 7.11 Å². The number of allylic oxidation sites excluding steroid dienone is 2. The van der Waals surface area contributed by atoms with Gasteiger partial charge in [0.25, 0.3) is 0 Å². The Hall–Kier alpha value is -2.16. The number of hydrogen-bond donors (Lipinski definition) is 0. The molecule has 0 bridgehead atoms. The van der Waals surface area contributed by atoms with Gasteiger partial charge >= 0.3 is 11.9 Å². The first kappa shape index (κ1) is 32.4. The molecule has 2 aliphatic carbocycles. The van der Waals surface area contributed by atoms with Gasteiger partial charge in [-0.05, 0) is 80.5 Å². The van der Waals surface area contributed by atoms with Crippen LogP contribution in [0.5, 0.6) is 0 Å². The Kier molecular flexibility index (Phi) is 8.57. The molecule has 1 unspecified atom stereocenters. The molecule has 1 aliphatic heterocycles. The lowest BCUT2D eigenvalue weighted by Gasteiger charge is -2.64. The predicted molar refractivity (Wildman–Crippen MR) is 156 cm³/mol. The molecule has 224 valence electrons. The quantitative estimate of drug-likeness (QED) is 0.286. The minimum absolute atomic E-state index is 0.0183. The lowest BCUT2D eigenvalue weighted by Crippen LogP contribution is -2.61. The van der Waals surface area contributed by atoms with E-state index in [1.807, 2.05) is 33.8 Å². The minimum atomic E-state index is -0.691. The predicted octanol–water partition coefficient (Wildman–Crippen LogP) is 7.60. The number of methoxy groups -OCH3 is 1. The summed E-state index contributed by atoms with van der Waals surface area (Å²) in [6.07, 6.45) is 7.48. The lowest BCUT2D eigenvalue weighted by atomic mass is 9.39. The number of rotatable bonds is 8.